The number of nitro groups is 1. The molecule has 22 heavy (non-hydrogen) atoms. The number of amides is 1. The van der Waals surface area contributed by atoms with Gasteiger partial charge in [-0.2, -0.15) is 0 Å². The summed E-state index contributed by atoms with van der Waals surface area (Å²) in [6.07, 6.45) is 0. The van der Waals surface area contributed by atoms with E-state index in [0.717, 1.165) is 5.56 Å². The summed E-state index contributed by atoms with van der Waals surface area (Å²) in [5.74, 6) is -0.861. The summed E-state index contributed by atoms with van der Waals surface area (Å²) in [5, 5.41) is 11.2. The van der Waals surface area contributed by atoms with Crippen molar-refractivity contribution in [3.63, 3.8) is 0 Å². The smallest absolute Gasteiger partial charge is 0.327 e. The van der Waals surface area contributed by atoms with Gasteiger partial charge >= 0.3 is 5.69 Å². The highest BCUT2D eigenvalue weighted by Gasteiger charge is 2.28. The Morgan fingerprint density at radius 2 is 1.91 bits per heavy atom. The summed E-state index contributed by atoms with van der Waals surface area (Å²) in [4.78, 5) is 21.8. The van der Waals surface area contributed by atoms with Gasteiger partial charge in [-0.25, -0.2) is 0 Å². The number of methoxy groups -OCH3 is 1. The summed E-state index contributed by atoms with van der Waals surface area (Å²) in [7, 11) is 1.27. The van der Waals surface area contributed by atoms with Gasteiger partial charge in [-0.15, -0.1) is 0 Å². The first-order valence-corrected chi connectivity index (χ1v) is 6.36. The van der Waals surface area contributed by atoms with Crippen molar-refractivity contribution < 1.29 is 19.2 Å². The minimum absolute atomic E-state index is 0.128. The molecular weight excluding hydrogens is 288 g/mol. The van der Waals surface area contributed by atoms with Crippen LogP contribution in [-0.2, 0) is 6.61 Å². The molecule has 0 bridgehead atoms. The van der Waals surface area contributed by atoms with Crippen LogP contribution in [0.15, 0.2) is 42.5 Å². The number of carbonyl (C=O) groups excluding carboxylic acids is 1. The molecule has 0 unspecified atom stereocenters. The molecule has 2 rings (SSSR count). The summed E-state index contributed by atoms with van der Waals surface area (Å²) in [5.41, 5.74) is 5.32. The highest BCUT2D eigenvalue weighted by Crippen LogP contribution is 2.39. The Morgan fingerprint density at radius 3 is 2.45 bits per heavy atom. The van der Waals surface area contributed by atoms with Gasteiger partial charge < -0.3 is 15.2 Å². The van der Waals surface area contributed by atoms with Crippen molar-refractivity contribution in [2.24, 2.45) is 5.73 Å². The Balaban J connectivity index is 2.38. The van der Waals surface area contributed by atoms with Crippen molar-refractivity contribution in [2.45, 2.75) is 6.61 Å². The second kappa shape index (κ2) is 6.57. The lowest BCUT2D eigenvalue weighted by atomic mass is 10.1. The van der Waals surface area contributed by atoms with E-state index >= 15 is 0 Å². The number of rotatable bonds is 6. The van der Waals surface area contributed by atoms with Gasteiger partial charge in [0, 0.05) is 0 Å². The van der Waals surface area contributed by atoms with Crippen LogP contribution >= 0.6 is 0 Å². The van der Waals surface area contributed by atoms with Gasteiger partial charge in [-0.3, -0.25) is 14.9 Å². The van der Waals surface area contributed by atoms with Crippen molar-refractivity contribution in [1.82, 2.24) is 0 Å². The van der Waals surface area contributed by atoms with Crippen LogP contribution in [0.5, 0.6) is 11.5 Å². The number of nitro benzene ring substituents is 1. The second-order valence-electron chi connectivity index (χ2n) is 4.39. The largest absolute Gasteiger partial charge is 0.488 e. The van der Waals surface area contributed by atoms with Crippen LogP contribution in [0.4, 0.5) is 5.69 Å². The van der Waals surface area contributed by atoms with Crippen molar-refractivity contribution in [2.75, 3.05) is 7.11 Å². The Morgan fingerprint density at radius 1 is 1.23 bits per heavy atom. The molecule has 0 heterocycles. The lowest BCUT2D eigenvalue weighted by Gasteiger charge is -2.12. The molecule has 2 aromatic rings. The molecule has 0 aliphatic rings. The third-order valence-corrected chi connectivity index (χ3v) is 2.98. The molecule has 0 radical (unpaired) electrons. The normalized spacial score (nSPS) is 10.0. The van der Waals surface area contributed by atoms with E-state index in [1.54, 1.807) is 0 Å². The molecule has 0 aromatic heterocycles. The van der Waals surface area contributed by atoms with Gasteiger partial charge in [0.25, 0.3) is 5.91 Å². The molecule has 0 atom stereocenters. The van der Waals surface area contributed by atoms with Crippen LogP contribution in [0.25, 0.3) is 0 Å². The van der Waals surface area contributed by atoms with E-state index in [0.29, 0.717) is 0 Å². The first-order valence-electron chi connectivity index (χ1n) is 6.36. The van der Waals surface area contributed by atoms with E-state index in [1.807, 2.05) is 30.3 Å². The average Bonchev–Trinajstić information content (AvgIpc) is 2.52. The van der Waals surface area contributed by atoms with Crippen molar-refractivity contribution >= 4 is 11.6 Å². The Hall–Kier alpha value is -3.09. The van der Waals surface area contributed by atoms with Gasteiger partial charge in [0.2, 0.25) is 5.75 Å². The number of nitrogens with zero attached hydrogens (tertiary/aromatic N) is 1. The van der Waals surface area contributed by atoms with E-state index < -0.39 is 16.5 Å². The summed E-state index contributed by atoms with van der Waals surface area (Å²) >= 11 is 0. The van der Waals surface area contributed by atoms with E-state index in [4.69, 9.17) is 15.2 Å². The molecule has 7 heteroatoms. The number of carbonyl (C=O) groups is 1. The minimum Gasteiger partial charge on any atom is -0.488 e. The van der Waals surface area contributed by atoms with E-state index in [-0.39, 0.29) is 23.7 Å². The molecule has 0 aliphatic carbocycles. The van der Waals surface area contributed by atoms with Gasteiger partial charge in [0.1, 0.15) is 12.2 Å². The zero-order valence-corrected chi connectivity index (χ0v) is 11.8. The predicted octanol–water partition coefficient (Wildman–Crippen LogP) is 2.28. The number of primary amides is 1. The van der Waals surface area contributed by atoms with Crippen LogP contribution in [0.2, 0.25) is 0 Å². The number of nitrogens with two attached hydrogens (primary N) is 1. The maximum absolute atomic E-state index is 11.3. The van der Waals surface area contributed by atoms with Gasteiger partial charge in [0.05, 0.1) is 12.0 Å². The van der Waals surface area contributed by atoms with E-state index in [2.05, 4.69) is 0 Å². The average molecular weight is 302 g/mol. The van der Waals surface area contributed by atoms with Crippen LogP contribution < -0.4 is 15.2 Å². The maximum atomic E-state index is 11.3. The molecule has 2 aromatic carbocycles. The summed E-state index contributed by atoms with van der Waals surface area (Å²) < 4.78 is 10.6. The van der Waals surface area contributed by atoms with Crippen LogP contribution in [-0.4, -0.2) is 17.9 Å². The number of benzene rings is 2. The second-order valence-corrected chi connectivity index (χ2v) is 4.39. The topological polar surface area (TPSA) is 105 Å². The molecule has 0 saturated heterocycles. The van der Waals surface area contributed by atoms with Gasteiger partial charge in [-0.05, 0) is 17.7 Å². The third-order valence-electron chi connectivity index (χ3n) is 2.98. The highest BCUT2D eigenvalue weighted by molar-refractivity contribution is 5.98. The fourth-order valence-electron chi connectivity index (χ4n) is 1.98. The summed E-state index contributed by atoms with van der Waals surface area (Å²) in [6, 6.07) is 12.0. The molecule has 1 amide bonds. The lowest BCUT2D eigenvalue weighted by Crippen LogP contribution is -2.14. The SMILES string of the molecule is COc1c(OCc2ccccc2)ccc(C(N)=O)c1[N+](=O)[O-]. The van der Waals surface area contributed by atoms with Crippen LogP contribution in [0.3, 0.4) is 0 Å². The molecule has 0 aliphatic heterocycles. The standard InChI is InChI=1S/C15H14N2O5/c1-21-14-12(22-9-10-5-3-2-4-6-10)8-7-11(15(16)18)13(14)17(19)20/h2-8H,9H2,1H3,(H2,16,18). The third kappa shape index (κ3) is 3.14. The number of hydrogen-bond acceptors (Lipinski definition) is 5. The molecular formula is C15H14N2O5. The van der Waals surface area contributed by atoms with Crippen LogP contribution in [0, 0.1) is 10.1 Å². The Bertz CT molecular complexity index is 701. The maximum Gasteiger partial charge on any atom is 0.327 e. The van der Waals surface area contributed by atoms with Crippen molar-refractivity contribution in [1.29, 1.82) is 0 Å². The molecule has 2 N–H and O–H groups in total. The molecule has 114 valence electrons. The fraction of sp³-hybridized carbons (Fsp3) is 0.133. The highest BCUT2D eigenvalue weighted by atomic mass is 16.6. The van der Waals surface area contributed by atoms with Crippen molar-refractivity contribution in [3.05, 3.63) is 63.7 Å². The Labute approximate surface area is 126 Å². The van der Waals surface area contributed by atoms with E-state index in [9.17, 15) is 14.9 Å². The van der Waals surface area contributed by atoms with E-state index in [1.165, 1.54) is 19.2 Å². The zero-order chi connectivity index (χ0) is 16.1. The number of ether oxygens (including phenoxy) is 2. The molecule has 0 spiro atoms. The Kier molecular flexibility index (Phi) is 4.57. The minimum atomic E-state index is -0.903. The van der Waals surface area contributed by atoms with Crippen LogP contribution in [0.1, 0.15) is 15.9 Å². The molecule has 7 nitrogen and oxygen atoms in total. The molecule has 0 fully saturated rings. The number of hydrogen-bond donors (Lipinski definition) is 1. The lowest BCUT2D eigenvalue weighted by molar-refractivity contribution is -0.386. The molecule has 0 saturated carbocycles. The quantitative estimate of drug-likeness (QED) is 0.651. The van der Waals surface area contributed by atoms with Gasteiger partial charge in [0.15, 0.2) is 5.75 Å². The first kappa shape index (κ1) is 15.3. The van der Waals surface area contributed by atoms with Crippen molar-refractivity contribution in [3.8, 4) is 11.5 Å². The summed E-state index contributed by atoms with van der Waals surface area (Å²) in [6.45, 7) is 0.213. The van der Waals surface area contributed by atoms with Gasteiger partial charge in [-0.1, -0.05) is 30.3 Å². The monoisotopic (exact) mass is 302 g/mol. The predicted molar refractivity (Wildman–Crippen MR) is 78.9 cm³/mol. The first-order chi connectivity index (χ1) is 10.5. The fourth-order valence-corrected chi connectivity index (χ4v) is 1.98. The zero-order valence-electron chi connectivity index (χ0n) is 11.8.